The lowest BCUT2D eigenvalue weighted by molar-refractivity contribution is 0.625. The van der Waals surface area contributed by atoms with Crippen LogP contribution >= 0.6 is 15.9 Å². The summed E-state index contributed by atoms with van der Waals surface area (Å²) >= 11 is 3.56. The van der Waals surface area contributed by atoms with Crippen LogP contribution in [0.3, 0.4) is 0 Å². The zero-order valence-corrected chi connectivity index (χ0v) is 13.9. The van der Waals surface area contributed by atoms with Crippen LogP contribution in [0.1, 0.15) is 37.4 Å². The van der Waals surface area contributed by atoms with Crippen molar-refractivity contribution in [3.63, 3.8) is 0 Å². The van der Waals surface area contributed by atoms with Crippen molar-refractivity contribution in [3.8, 4) is 0 Å². The van der Waals surface area contributed by atoms with Gasteiger partial charge in [0.05, 0.1) is 10.2 Å². The third-order valence-corrected chi connectivity index (χ3v) is 3.93. The van der Waals surface area contributed by atoms with Crippen molar-refractivity contribution in [2.75, 3.05) is 11.9 Å². The Morgan fingerprint density at radius 1 is 1.24 bits per heavy atom. The second-order valence-corrected chi connectivity index (χ2v) is 5.63. The summed E-state index contributed by atoms with van der Waals surface area (Å²) in [7, 11) is 0. The lowest BCUT2D eigenvalue weighted by atomic mass is 10.1. The second-order valence-electron chi connectivity index (χ2n) is 4.84. The van der Waals surface area contributed by atoms with E-state index in [4.69, 9.17) is 0 Å². The molecule has 1 aromatic heterocycles. The van der Waals surface area contributed by atoms with Crippen LogP contribution in [0, 0.1) is 5.82 Å². The highest BCUT2D eigenvalue weighted by Gasteiger charge is 2.11. The first-order valence-corrected chi connectivity index (χ1v) is 7.97. The summed E-state index contributed by atoms with van der Waals surface area (Å²) in [6.45, 7) is 5.03. The number of nitrogens with one attached hydrogen (secondary N) is 1. The summed E-state index contributed by atoms with van der Waals surface area (Å²) in [4.78, 5) is 9.12. The third-order valence-electron chi connectivity index (χ3n) is 3.09. The Morgan fingerprint density at radius 3 is 2.71 bits per heavy atom. The van der Waals surface area contributed by atoms with E-state index < -0.39 is 0 Å². The van der Waals surface area contributed by atoms with Gasteiger partial charge in [-0.05, 0) is 46.5 Å². The zero-order valence-electron chi connectivity index (χ0n) is 12.3. The van der Waals surface area contributed by atoms with Gasteiger partial charge in [0.15, 0.2) is 0 Å². The molecule has 1 heterocycles. The first kappa shape index (κ1) is 15.9. The van der Waals surface area contributed by atoms with E-state index in [-0.39, 0.29) is 5.82 Å². The van der Waals surface area contributed by atoms with Gasteiger partial charge in [-0.3, -0.25) is 0 Å². The lowest BCUT2D eigenvalue weighted by Crippen LogP contribution is -2.09. The van der Waals surface area contributed by atoms with Crippen LogP contribution in [0.15, 0.2) is 28.7 Å². The number of hydrogen-bond acceptors (Lipinski definition) is 3. The van der Waals surface area contributed by atoms with Crippen LogP contribution in [-0.4, -0.2) is 16.5 Å². The molecule has 2 aromatic rings. The molecule has 0 spiro atoms. The third kappa shape index (κ3) is 4.24. The summed E-state index contributed by atoms with van der Waals surface area (Å²) < 4.78 is 14.2. The van der Waals surface area contributed by atoms with Gasteiger partial charge in [0.1, 0.15) is 17.5 Å². The summed E-state index contributed by atoms with van der Waals surface area (Å²) in [6, 6.07) is 6.56. The Balaban J connectivity index is 2.30. The van der Waals surface area contributed by atoms with Gasteiger partial charge >= 0.3 is 0 Å². The Hall–Kier alpha value is -1.49. The van der Waals surface area contributed by atoms with Gasteiger partial charge in [-0.25, -0.2) is 14.4 Å². The maximum absolute atomic E-state index is 13.3. The van der Waals surface area contributed by atoms with Crippen molar-refractivity contribution in [3.05, 3.63) is 51.6 Å². The first-order valence-electron chi connectivity index (χ1n) is 7.17. The predicted molar refractivity (Wildman–Crippen MR) is 87.1 cm³/mol. The number of anilines is 1. The number of aromatic nitrogens is 2. The Bertz CT molecular complexity index is 616. The monoisotopic (exact) mass is 351 g/mol. The number of aryl methyl sites for hydroxylation is 1. The quantitative estimate of drug-likeness (QED) is 0.840. The fraction of sp³-hybridized carbons (Fsp3) is 0.375. The molecule has 0 bridgehead atoms. The topological polar surface area (TPSA) is 37.8 Å². The van der Waals surface area contributed by atoms with E-state index in [1.165, 1.54) is 12.1 Å². The smallest absolute Gasteiger partial charge is 0.144 e. The predicted octanol–water partition coefficient (Wildman–Crippen LogP) is 4.35. The number of benzene rings is 1. The molecule has 5 heteroatoms. The van der Waals surface area contributed by atoms with Gasteiger partial charge in [-0.15, -0.1) is 0 Å². The summed E-state index contributed by atoms with van der Waals surface area (Å²) in [5, 5.41) is 3.30. The van der Waals surface area contributed by atoms with Gasteiger partial charge < -0.3 is 5.32 Å². The van der Waals surface area contributed by atoms with E-state index in [9.17, 15) is 4.39 Å². The van der Waals surface area contributed by atoms with Crippen LogP contribution in [0.5, 0.6) is 0 Å². The average Bonchev–Trinajstić information content (AvgIpc) is 2.47. The fourth-order valence-corrected chi connectivity index (χ4v) is 2.65. The molecule has 1 aromatic carbocycles. The zero-order chi connectivity index (χ0) is 15.2. The van der Waals surface area contributed by atoms with Crippen molar-refractivity contribution < 1.29 is 4.39 Å². The van der Waals surface area contributed by atoms with E-state index in [1.807, 2.05) is 6.07 Å². The first-order chi connectivity index (χ1) is 10.1. The van der Waals surface area contributed by atoms with Crippen molar-refractivity contribution in [2.24, 2.45) is 0 Å². The Kier molecular flexibility index (Phi) is 5.67. The highest BCUT2D eigenvalue weighted by molar-refractivity contribution is 9.10. The molecule has 0 radical (unpaired) electrons. The normalized spacial score (nSPS) is 10.7. The van der Waals surface area contributed by atoms with Crippen molar-refractivity contribution in [1.29, 1.82) is 0 Å². The number of nitrogens with zero attached hydrogens (tertiary/aromatic N) is 2. The molecule has 0 atom stereocenters. The van der Waals surface area contributed by atoms with E-state index in [0.717, 1.165) is 40.9 Å². The molecule has 0 aliphatic rings. The molecule has 0 saturated carbocycles. The van der Waals surface area contributed by atoms with Gasteiger partial charge in [0.25, 0.3) is 0 Å². The molecule has 112 valence electrons. The number of halogens is 2. The summed E-state index contributed by atoms with van der Waals surface area (Å²) in [6.07, 6.45) is 2.37. The van der Waals surface area contributed by atoms with Crippen molar-refractivity contribution in [2.45, 2.75) is 33.1 Å². The van der Waals surface area contributed by atoms with E-state index in [1.54, 1.807) is 6.07 Å². The molecular weight excluding hydrogens is 333 g/mol. The standard InChI is InChI=1S/C16H19BrFN3/c1-3-8-19-16-15(17)13(4-2)20-14(21-16)10-11-6-5-7-12(18)9-11/h5-7,9H,3-4,8,10H2,1-2H3,(H,19,20,21). The van der Waals surface area contributed by atoms with Crippen LogP contribution < -0.4 is 5.32 Å². The number of hydrogen-bond donors (Lipinski definition) is 1. The molecule has 0 amide bonds. The summed E-state index contributed by atoms with van der Waals surface area (Å²) in [5.74, 6) is 1.29. The Morgan fingerprint density at radius 2 is 2.05 bits per heavy atom. The molecule has 1 N–H and O–H groups in total. The molecule has 0 unspecified atom stereocenters. The molecule has 0 aliphatic heterocycles. The molecule has 2 rings (SSSR count). The minimum Gasteiger partial charge on any atom is -0.369 e. The maximum Gasteiger partial charge on any atom is 0.144 e. The molecule has 21 heavy (non-hydrogen) atoms. The van der Waals surface area contributed by atoms with Gasteiger partial charge in [-0.2, -0.15) is 0 Å². The SMILES string of the molecule is CCCNc1nc(Cc2cccc(F)c2)nc(CC)c1Br. The minimum absolute atomic E-state index is 0.232. The van der Waals surface area contributed by atoms with Crippen molar-refractivity contribution >= 4 is 21.7 Å². The summed E-state index contributed by atoms with van der Waals surface area (Å²) in [5.41, 5.74) is 1.84. The minimum atomic E-state index is -0.232. The van der Waals surface area contributed by atoms with E-state index >= 15 is 0 Å². The molecular formula is C16H19BrFN3. The Labute approximate surface area is 133 Å². The van der Waals surface area contributed by atoms with Crippen LogP contribution in [0.4, 0.5) is 10.2 Å². The largest absolute Gasteiger partial charge is 0.369 e. The van der Waals surface area contributed by atoms with Crippen LogP contribution in [0.25, 0.3) is 0 Å². The van der Waals surface area contributed by atoms with Gasteiger partial charge in [0, 0.05) is 13.0 Å². The second kappa shape index (κ2) is 7.50. The van der Waals surface area contributed by atoms with E-state index in [2.05, 4.69) is 45.1 Å². The van der Waals surface area contributed by atoms with Gasteiger partial charge in [-0.1, -0.05) is 26.0 Å². The van der Waals surface area contributed by atoms with Gasteiger partial charge in [0.2, 0.25) is 0 Å². The fourth-order valence-electron chi connectivity index (χ4n) is 2.05. The van der Waals surface area contributed by atoms with Crippen LogP contribution in [0.2, 0.25) is 0 Å². The highest BCUT2D eigenvalue weighted by Crippen LogP contribution is 2.25. The lowest BCUT2D eigenvalue weighted by Gasteiger charge is -2.12. The molecule has 3 nitrogen and oxygen atoms in total. The van der Waals surface area contributed by atoms with E-state index in [0.29, 0.717) is 12.2 Å². The molecule has 0 fully saturated rings. The molecule has 0 saturated heterocycles. The highest BCUT2D eigenvalue weighted by atomic mass is 79.9. The average molecular weight is 352 g/mol. The molecule has 0 aliphatic carbocycles. The van der Waals surface area contributed by atoms with Crippen molar-refractivity contribution in [1.82, 2.24) is 9.97 Å². The van der Waals surface area contributed by atoms with Crippen LogP contribution in [-0.2, 0) is 12.8 Å². The number of rotatable bonds is 6. The maximum atomic E-state index is 13.3.